The fourth-order valence-corrected chi connectivity index (χ4v) is 2.60. The van der Waals surface area contributed by atoms with Crippen LogP contribution in [0, 0.1) is 5.82 Å². The Bertz CT molecular complexity index is 555. The van der Waals surface area contributed by atoms with Gasteiger partial charge in [0.15, 0.2) is 0 Å². The molecule has 2 aromatic carbocycles. The second kappa shape index (κ2) is 6.64. The number of nitrogens with zero attached hydrogens (tertiary/aromatic N) is 1. The summed E-state index contributed by atoms with van der Waals surface area (Å²) in [5.74, 6) is -0.223. The van der Waals surface area contributed by atoms with E-state index in [0.29, 0.717) is 4.47 Å². The molecular weight excluding hydrogens is 373 g/mol. The molecule has 2 aromatic rings. The standard InChI is InChI=1S/C15H14Br2FN/c1-19(9-11-2-5-13(16)6-3-11)10-12-4-7-15(18)14(17)8-12/h2-8H,9-10H2,1H3. The van der Waals surface area contributed by atoms with E-state index in [4.69, 9.17) is 0 Å². The van der Waals surface area contributed by atoms with E-state index in [1.807, 2.05) is 24.3 Å². The zero-order valence-electron chi connectivity index (χ0n) is 10.5. The SMILES string of the molecule is CN(Cc1ccc(Br)cc1)Cc1ccc(F)c(Br)c1. The summed E-state index contributed by atoms with van der Waals surface area (Å²) in [4.78, 5) is 2.20. The first-order chi connectivity index (χ1) is 9.04. The molecule has 0 fully saturated rings. The maximum Gasteiger partial charge on any atom is 0.137 e. The Kier molecular flexibility index (Phi) is 5.13. The van der Waals surface area contributed by atoms with E-state index < -0.39 is 0 Å². The van der Waals surface area contributed by atoms with Crippen molar-refractivity contribution in [1.29, 1.82) is 0 Å². The molecule has 1 nitrogen and oxygen atoms in total. The molecule has 0 amide bonds. The van der Waals surface area contributed by atoms with E-state index >= 15 is 0 Å². The Hall–Kier alpha value is -0.710. The Morgan fingerprint density at radius 2 is 1.53 bits per heavy atom. The van der Waals surface area contributed by atoms with E-state index in [1.165, 1.54) is 11.6 Å². The third kappa shape index (κ3) is 4.41. The molecule has 0 unspecified atom stereocenters. The molecule has 0 heterocycles. The molecule has 0 spiro atoms. The van der Waals surface area contributed by atoms with Gasteiger partial charge in [0.05, 0.1) is 4.47 Å². The summed E-state index contributed by atoms with van der Waals surface area (Å²) in [7, 11) is 2.05. The van der Waals surface area contributed by atoms with Crippen molar-refractivity contribution in [2.24, 2.45) is 0 Å². The van der Waals surface area contributed by atoms with Gasteiger partial charge in [0.25, 0.3) is 0 Å². The van der Waals surface area contributed by atoms with Crippen molar-refractivity contribution >= 4 is 31.9 Å². The minimum Gasteiger partial charge on any atom is -0.298 e. The second-order valence-electron chi connectivity index (χ2n) is 4.55. The van der Waals surface area contributed by atoms with Crippen LogP contribution in [0.3, 0.4) is 0 Å². The lowest BCUT2D eigenvalue weighted by Crippen LogP contribution is -2.17. The van der Waals surface area contributed by atoms with Gasteiger partial charge in [0.2, 0.25) is 0 Å². The smallest absolute Gasteiger partial charge is 0.137 e. The van der Waals surface area contributed by atoms with Crippen LogP contribution in [-0.4, -0.2) is 11.9 Å². The third-order valence-corrected chi connectivity index (χ3v) is 3.94. The Labute approximate surface area is 129 Å². The summed E-state index contributed by atoms with van der Waals surface area (Å²) < 4.78 is 14.8. The van der Waals surface area contributed by atoms with Crippen molar-refractivity contribution in [3.63, 3.8) is 0 Å². The summed E-state index contributed by atoms with van der Waals surface area (Å²) in [6.07, 6.45) is 0. The molecule has 0 bridgehead atoms. The first-order valence-corrected chi connectivity index (χ1v) is 7.50. The van der Waals surface area contributed by atoms with Crippen LogP contribution in [0.25, 0.3) is 0 Å². The van der Waals surface area contributed by atoms with Crippen LogP contribution in [0.1, 0.15) is 11.1 Å². The first kappa shape index (κ1) is 14.7. The number of hydrogen-bond donors (Lipinski definition) is 0. The first-order valence-electron chi connectivity index (χ1n) is 5.91. The van der Waals surface area contributed by atoms with Crippen LogP contribution < -0.4 is 0 Å². The molecule has 0 aliphatic carbocycles. The monoisotopic (exact) mass is 385 g/mol. The van der Waals surface area contributed by atoms with Crippen LogP contribution in [0.15, 0.2) is 51.4 Å². The average Bonchev–Trinajstić information content (AvgIpc) is 2.37. The Balaban J connectivity index is 1.98. The highest BCUT2D eigenvalue weighted by Crippen LogP contribution is 2.18. The number of rotatable bonds is 4. The molecule has 0 aliphatic heterocycles. The van der Waals surface area contributed by atoms with E-state index in [9.17, 15) is 4.39 Å². The maximum absolute atomic E-state index is 13.2. The quantitative estimate of drug-likeness (QED) is 0.715. The van der Waals surface area contributed by atoms with Gasteiger partial charge in [-0.05, 0) is 58.4 Å². The van der Waals surface area contributed by atoms with Gasteiger partial charge in [-0.15, -0.1) is 0 Å². The van der Waals surface area contributed by atoms with Crippen molar-refractivity contribution in [2.45, 2.75) is 13.1 Å². The zero-order valence-corrected chi connectivity index (χ0v) is 13.7. The molecule has 4 heteroatoms. The van der Waals surface area contributed by atoms with Gasteiger partial charge in [0, 0.05) is 17.6 Å². The van der Waals surface area contributed by atoms with Gasteiger partial charge in [-0.25, -0.2) is 4.39 Å². The van der Waals surface area contributed by atoms with E-state index in [2.05, 4.69) is 55.9 Å². The van der Waals surface area contributed by atoms with Gasteiger partial charge < -0.3 is 0 Å². The second-order valence-corrected chi connectivity index (χ2v) is 6.32. The molecule has 0 radical (unpaired) electrons. The normalized spacial score (nSPS) is 11.0. The average molecular weight is 387 g/mol. The van der Waals surface area contributed by atoms with Crippen LogP contribution in [-0.2, 0) is 13.1 Å². The van der Waals surface area contributed by atoms with Gasteiger partial charge in [-0.3, -0.25) is 4.90 Å². The summed E-state index contributed by atoms with van der Waals surface area (Å²) >= 11 is 6.64. The fourth-order valence-electron chi connectivity index (χ4n) is 1.91. The van der Waals surface area contributed by atoms with Crippen molar-refractivity contribution in [1.82, 2.24) is 4.90 Å². The number of halogens is 3. The highest BCUT2D eigenvalue weighted by molar-refractivity contribution is 9.10. The predicted molar refractivity (Wildman–Crippen MR) is 83.4 cm³/mol. The molecule has 0 N–H and O–H groups in total. The largest absolute Gasteiger partial charge is 0.298 e. The maximum atomic E-state index is 13.2. The summed E-state index contributed by atoms with van der Waals surface area (Å²) in [6.45, 7) is 1.65. The van der Waals surface area contributed by atoms with Gasteiger partial charge in [-0.1, -0.05) is 34.1 Å². The fraction of sp³-hybridized carbons (Fsp3) is 0.200. The predicted octanol–water partition coefficient (Wildman–Crippen LogP) is 4.98. The van der Waals surface area contributed by atoms with Crippen LogP contribution in [0.2, 0.25) is 0 Å². The van der Waals surface area contributed by atoms with Gasteiger partial charge in [0.1, 0.15) is 5.82 Å². The lowest BCUT2D eigenvalue weighted by atomic mass is 10.2. The summed E-state index contributed by atoms with van der Waals surface area (Å²) in [5.41, 5.74) is 2.35. The Morgan fingerprint density at radius 1 is 0.947 bits per heavy atom. The molecule has 19 heavy (non-hydrogen) atoms. The molecule has 0 atom stereocenters. The van der Waals surface area contributed by atoms with Gasteiger partial charge in [-0.2, -0.15) is 0 Å². The third-order valence-electron chi connectivity index (χ3n) is 2.80. The van der Waals surface area contributed by atoms with Gasteiger partial charge >= 0.3 is 0 Å². The van der Waals surface area contributed by atoms with E-state index in [1.54, 1.807) is 0 Å². The zero-order chi connectivity index (χ0) is 13.8. The summed E-state index contributed by atoms with van der Waals surface area (Å²) in [6, 6.07) is 13.4. The lowest BCUT2D eigenvalue weighted by molar-refractivity contribution is 0.319. The van der Waals surface area contributed by atoms with Crippen molar-refractivity contribution in [2.75, 3.05) is 7.05 Å². The van der Waals surface area contributed by atoms with Crippen molar-refractivity contribution < 1.29 is 4.39 Å². The van der Waals surface area contributed by atoms with E-state index in [-0.39, 0.29) is 5.82 Å². The minimum absolute atomic E-state index is 0.223. The van der Waals surface area contributed by atoms with Crippen LogP contribution in [0.4, 0.5) is 4.39 Å². The molecule has 0 saturated heterocycles. The topological polar surface area (TPSA) is 3.24 Å². The molecule has 0 saturated carbocycles. The number of benzene rings is 2. The summed E-state index contributed by atoms with van der Waals surface area (Å²) in [5, 5.41) is 0. The Morgan fingerprint density at radius 3 is 2.16 bits per heavy atom. The van der Waals surface area contributed by atoms with E-state index in [0.717, 1.165) is 23.1 Å². The molecule has 100 valence electrons. The molecule has 0 aliphatic rings. The highest BCUT2D eigenvalue weighted by Gasteiger charge is 2.05. The van der Waals surface area contributed by atoms with Crippen molar-refractivity contribution in [3.05, 3.63) is 68.4 Å². The molecule has 0 aromatic heterocycles. The van der Waals surface area contributed by atoms with Crippen molar-refractivity contribution in [3.8, 4) is 0 Å². The molecule has 2 rings (SSSR count). The van der Waals surface area contributed by atoms with Crippen LogP contribution in [0.5, 0.6) is 0 Å². The molecular formula is C15H14Br2FN. The van der Waals surface area contributed by atoms with Crippen LogP contribution >= 0.6 is 31.9 Å². The number of hydrogen-bond acceptors (Lipinski definition) is 1. The highest BCUT2D eigenvalue weighted by atomic mass is 79.9. The lowest BCUT2D eigenvalue weighted by Gasteiger charge is -2.17. The minimum atomic E-state index is -0.223.